The fourth-order valence-corrected chi connectivity index (χ4v) is 9.97. The Kier molecular flexibility index (Phi) is 65.2. The molecule has 0 heterocycles. The van der Waals surface area contributed by atoms with Crippen LogP contribution < -0.4 is 0 Å². The molecule has 0 aromatic rings. The molecule has 0 saturated carbocycles. The summed E-state index contributed by atoms with van der Waals surface area (Å²) in [4.78, 5) is 38.4. The van der Waals surface area contributed by atoms with Crippen LogP contribution in [0.5, 0.6) is 0 Å². The molecule has 0 bridgehead atoms. The first-order chi connectivity index (χ1) is 39.5. The standard InChI is InChI=1S/C74H130O6/c1-4-7-10-13-16-19-22-25-28-30-31-32-33-34-35-36-37-38-39-40-41-42-43-45-46-49-52-55-58-61-64-67-73(76)79-70-71(69-78-72(75)66-63-60-57-54-51-48-27-24-21-18-15-12-9-6-3)80-74(77)68-65-62-59-56-53-50-47-44-29-26-23-20-17-14-11-8-5-2/h7,10,16,19,25-26,28-29,31-32,34-35,37-38,71H,4-6,8-9,11-15,17-18,20-24,27,30,33,36,39-70H2,1-3H3/b10-7-,19-16-,28-25-,29-26-,32-31-,35-34-,38-37-. The molecule has 0 aliphatic heterocycles. The minimum atomic E-state index is -0.778. The summed E-state index contributed by atoms with van der Waals surface area (Å²) in [6.45, 7) is 6.56. The van der Waals surface area contributed by atoms with Crippen molar-refractivity contribution >= 4 is 17.9 Å². The summed E-state index contributed by atoms with van der Waals surface area (Å²) < 4.78 is 17.0. The van der Waals surface area contributed by atoms with Gasteiger partial charge in [-0.05, 0) is 96.3 Å². The number of rotatable bonds is 63. The Hall–Kier alpha value is -3.41. The molecule has 0 N–H and O–H groups in total. The first-order valence-corrected chi connectivity index (χ1v) is 34.6. The Morgan fingerprint density at radius 3 is 0.775 bits per heavy atom. The fraction of sp³-hybridized carbons (Fsp3) is 0.770. The van der Waals surface area contributed by atoms with Gasteiger partial charge in [-0.1, -0.05) is 318 Å². The van der Waals surface area contributed by atoms with Crippen LogP contribution in [0.25, 0.3) is 0 Å². The SMILES string of the molecule is CC/C=C\C/C=C\C/C=C\C/C=C\C/C=C\C/C=C\CCCCCCCCCCCCCCC(=O)OCC(COC(=O)CCCCCCCCCCCCCCCC)OC(=O)CCCCCCCCC/C=C\CCCCCCCC. The summed E-state index contributed by atoms with van der Waals surface area (Å²) in [5.41, 5.74) is 0. The minimum absolute atomic E-state index is 0.0736. The third-order valence-electron chi connectivity index (χ3n) is 15.1. The topological polar surface area (TPSA) is 78.9 Å². The summed E-state index contributed by atoms with van der Waals surface area (Å²) in [6.07, 6.45) is 90.3. The van der Waals surface area contributed by atoms with Gasteiger partial charge in [0.2, 0.25) is 0 Å². The van der Waals surface area contributed by atoms with E-state index in [1.165, 1.54) is 212 Å². The summed E-state index contributed by atoms with van der Waals surface area (Å²) >= 11 is 0. The van der Waals surface area contributed by atoms with Gasteiger partial charge in [-0.25, -0.2) is 0 Å². The second-order valence-electron chi connectivity index (χ2n) is 23.1. The van der Waals surface area contributed by atoms with Gasteiger partial charge in [0.1, 0.15) is 13.2 Å². The van der Waals surface area contributed by atoms with E-state index in [4.69, 9.17) is 14.2 Å². The lowest BCUT2D eigenvalue weighted by Gasteiger charge is -2.18. The van der Waals surface area contributed by atoms with E-state index in [0.29, 0.717) is 19.3 Å². The molecule has 6 heteroatoms. The molecule has 0 radical (unpaired) electrons. The molecule has 0 fully saturated rings. The molecular weight excluding hydrogens is 985 g/mol. The van der Waals surface area contributed by atoms with Gasteiger partial charge in [-0.15, -0.1) is 0 Å². The zero-order valence-electron chi connectivity index (χ0n) is 53.1. The lowest BCUT2D eigenvalue weighted by Crippen LogP contribution is -2.30. The Morgan fingerprint density at radius 2 is 0.487 bits per heavy atom. The van der Waals surface area contributed by atoms with Crippen LogP contribution in [-0.4, -0.2) is 37.2 Å². The summed E-state index contributed by atoms with van der Waals surface area (Å²) in [5.74, 6) is -0.861. The molecule has 0 amide bonds. The molecular formula is C74H130O6. The Bertz CT molecular complexity index is 1520. The number of allylic oxidation sites excluding steroid dienone is 14. The normalized spacial score (nSPS) is 12.6. The van der Waals surface area contributed by atoms with E-state index in [9.17, 15) is 14.4 Å². The van der Waals surface area contributed by atoms with Gasteiger partial charge in [0.25, 0.3) is 0 Å². The highest BCUT2D eigenvalue weighted by atomic mass is 16.6. The van der Waals surface area contributed by atoms with Crippen molar-refractivity contribution in [1.29, 1.82) is 0 Å². The van der Waals surface area contributed by atoms with E-state index < -0.39 is 6.10 Å². The monoisotopic (exact) mass is 1110 g/mol. The van der Waals surface area contributed by atoms with Crippen molar-refractivity contribution < 1.29 is 28.6 Å². The van der Waals surface area contributed by atoms with E-state index >= 15 is 0 Å². The quantitative estimate of drug-likeness (QED) is 0.0261. The van der Waals surface area contributed by atoms with Crippen molar-refractivity contribution in [2.45, 2.75) is 354 Å². The summed E-state index contributed by atoms with van der Waals surface area (Å²) in [5, 5.41) is 0. The van der Waals surface area contributed by atoms with E-state index in [-0.39, 0.29) is 31.1 Å². The Labute approximate surface area is 496 Å². The first-order valence-electron chi connectivity index (χ1n) is 34.6. The van der Waals surface area contributed by atoms with Crippen molar-refractivity contribution in [2.75, 3.05) is 13.2 Å². The van der Waals surface area contributed by atoms with Crippen molar-refractivity contribution in [3.63, 3.8) is 0 Å². The van der Waals surface area contributed by atoms with Gasteiger partial charge in [-0.3, -0.25) is 14.4 Å². The van der Waals surface area contributed by atoms with Crippen molar-refractivity contribution in [1.82, 2.24) is 0 Å². The number of carbonyl (C=O) groups excluding carboxylic acids is 3. The molecule has 0 aromatic heterocycles. The second-order valence-corrected chi connectivity index (χ2v) is 23.1. The van der Waals surface area contributed by atoms with Crippen LogP contribution in [0, 0.1) is 0 Å². The van der Waals surface area contributed by atoms with Crippen LogP contribution in [0.15, 0.2) is 85.1 Å². The van der Waals surface area contributed by atoms with Gasteiger partial charge in [0, 0.05) is 19.3 Å². The highest BCUT2D eigenvalue weighted by Crippen LogP contribution is 2.17. The maximum atomic E-state index is 12.9. The third kappa shape index (κ3) is 65.4. The van der Waals surface area contributed by atoms with Crippen LogP contribution in [0.1, 0.15) is 348 Å². The molecule has 462 valence electrons. The van der Waals surface area contributed by atoms with Gasteiger partial charge >= 0.3 is 17.9 Å². The molecule has 0 aliphatic rings. The Morgan fingerprint density at radius 1 is 0.263 bits per heavy atom. The maximum Gasteiger partial charge on any atom is 0.306 e. The number of unbranched alkanes of at least 4 members (excludes halogenated alkanes) is 38. The number of ether oxygens (including phenoxy) is 3. The van der Waals surface area contributed by atoms with Crippen LogP contribution in [0.4, 0.5) is 0 Å². The molecule has 0 aliphatic carbocycles. The predicted molar refractivity (Wildman–Crippen MR) is 348 cm³/mol. The average Bonchev–Trinajstić information content (AvgIpc) is 3.46. The zero-order valence-corrected chi connectivity index (χ0v) is 53.1. The zero-order chi connectivity index (χ0) is 57.8. The smallest absolute Gasteiger partial charge is 0.306 e. The molecule has 0 spiro atoms. The van der Waals surface area contributed by atoms with Gasteiger partial charge in [-0.2, -0.15) is 0 Å². The van der Waals surface area contributed by atoms with E-state index in [1.807, 2.05) is 0 Å². The summed E-state index contributed by atoms with van der Waals surface area (Å²) in [6, 6.07) is 0. The number of esters is 3. The lowest BCUT2D eigenvalue weighted by molar-refractivity contribution is -0.167. The second kappa shape index (κ2) is 68.1. The number of hydrogen-bond acceptors (Lipinski definition) is 6. The number of hydrogen-bond donors (Lipinski definition) is 0. The van der Waals surface area contributed by atoms with Crippen molar-refractivity contribution in [2.24, 2.45) is 0 Å². The van der Waals surface area contributed by atoms with E-state index in [1.54, 1.807) is 0 Å². The molecule has 6 nitrogen and oxygen atoms in total. The van der Waals surface area contributed by atoms with Gasteiger partial charge < -0.3 is 14.2 Å². The molecule has 0 aromatic carbocycles. The first kappa shape index (κ1) is 76.6. The summed E-state index contributed by atoms with van der Waals surface area (Å²) in [7, 11) is 0. The predicted octanol–water partition coefficient (Wildman–Crippen LogP) is 23.8. The average molecular weight is 1120 g/mol. The van der Waals surface area contributed by atoms with E-state index in [2.05, 4.69) is 106 Å². The minimum Gasteiger partial charge on any atom is -0.462 e. The fourth-order valence-electron chi connectivity index (χ4n) is 9.97. The van der Waals surface area contributed by atoms with Crippen LogP contribution in [0.3, 0.4) is 0 Å². The van der Waals surface area contributed by atoms with Crippen LogP contribution in [-0.2, 0) is 28.6 Å². The largest absolute Gasteiger partial charge is 0.462 e. The maximum absolute atomic E-state index is 12.9. The van der Waals surface area contributed by atoms with Crippen molar-refractivity contribution in [3.8, 4) is 0 Å². The third-order valence-corrected chi connectivity index (χ3v) is 15.1. The Balaban J connectivity index is 4.24. The molecule has 80 heavy (non-hydrogen) atoms. The van der Waals surface area contributed by atoms with E-state index in [0.717, 1.165) is 96.3 Å². The molecule has 0 rings (SSSR count). The highest BCUT2D eigenvalue weighted by molar-refractivity contribution is 5.71. The van der Waals surface area contributed by atoms with Crippen molar-refractivity contribution in [3.05, 3.63) is 85.1 Å². The lowest BCUT2D eigenvalue weighted by atomic mass is 10.0. The van der Waals surface area contributed by atoms with Gasteiger partial charge in [0.15, 0.2) is 6.10 Å². The highest BCUT2D eigenvalue weighted by Gasteiger charge is 2.19. The van der Waals surface area contributed by atoms with Gasteiger partial charge in [0.05, 0.1) is 0 Å². The molecule has 1 unspecified atom stereocenters. The van der Waals surface area contributed by atoms with Crippen LogP contribution in [0.2, 0.25) is 0 Å². The molecule has 0 saturated heterocycles. The van der Waals surface area contributed by atoms with Crippen LogP contribution >= 0.6 is 0 Å². The number of carbonyl (C=O) groups is 3. The molecule has 1 atom stereocenters.